The molecule has 0 spiro atoms. The van der Waals surface area contributed by atoms with E-state index in [0.717, 1.165) is 48.1 Å². The smallest absolute Gasteiger partial charge is 0.270 e. The second kappa shape index (κ2) is 8.95. The van der Waals surface area contributed by atoms with Crippen LogP contribution >= 0.6 is 22.9 Å². The first-order valence-corrected chi connectivity index (χ1v) is 10.8. The maximum absolute atomic E-state index is 12.2. The average Bonchev–Trinajstić information content (AvgIpc) is 3.18. The summed E-state index contributed by atoms with van der Waals surface area (Å²) in [4.78, 5) is 31.9. The number of nitrogens with zero attached hydrogens (tertiary/aromatic N) is 4. The van der Waals surface area contributed by atoms with Crippen molar-refractivity contribution in [2.24, 2.45) is 0 Å². The Kier molecular flexibility index (Phi) is 6.12. The van der Waals surface area contributed by atoms with Crippen LogP contribution in [0.15, 0.2) is 42.5 Å². The molecule has 8 nitrogen and oxygen atoms in total. The van der Waals surface area contributed by atoms with Crippen molar-refractivity contribution >= 4 is 49.9 Å². The number of hydrogen-bond acceptors (Lipinski definition) is 7. The zero-order chi connectivity index (χ0) is 21.1. The molecule has 1 fully saturated rings. The molecule has 156 valence electrons. The molecule has 2 heterocycles. The van der Waals surface area contributed by atoms with Crippen LogP contribution in [-0.4, -0.2) is 60.0 Å². The number of anilines is 1. The molecule has 3 aromatic rings. The second-order valence-electron chi connectivity index (χ2n) is 6.97. The number of aromatic nitrogens is 1. The number of nitro benzene ring substituents is 1. The lowest BCUT2D eigenvalue weighted by Crippen LogP contribution is -2.48. The lowest BCUT2D eigenvalue weighted by atomic mass is 10.2. The first-order chi connectivity index (χ1) is 14.5. The number of amides is 1. The molecule has 4 rings (SSSR count). The zero-order valence-corrected chi connectivity index (χ0v) is 17.7. The Labute approximate surface area is 182 Å². The molecule has 1 amide bonds. The van der Waals surface area contributed by atoms with Crippen molar-refractivity contribution in [2.75, 3.05) is 44.2 Å². The van der Waals surface area contributed by atoms with Gasteiger partial charge in [-0.3, -0.25) is 19.8 Å². The second-order valence-corrected chi connectivity index (χ2v) is 8.39. The summed E-state index contributed by atoms with van der Waals surface area (Å²) in [6.07, 6.45) is 0. The van der Waals surface area contributed by atoms with Gasteiger partial charge in [0.15, 0.2) is 5.13 Å². The molecular weight excluding hydrogens is 426 g/mol. The Morgan fingerprint density at radius 2 is 1.97 bits per heavy atom. The van der Waals surface area contributed by atoms with E-state index in [0.29, 0.717) is 17.1 Å². The summed E-state index contributed by atoms with van der Waals surface area (Å²) in [5, 5.41) is 15.2. The molecular formula is C20H20ClN5O3S. The monoisotopic (exact) mass is 445 g/mol. The lowest BCUT2D eigenvalue weighted by Gasteiger charge is -2.34. The largest absolute Gasteiger partial charge is 0.351 e. The van der Waals surface area contributed by atoms with E-state index in [2.05, 4.69) is 20.1 Å². The SMILES string of the molecule is O=C(NCCN1CCN(c2nc3ccc([N+](=O)[O-])cc3s2)CC1)c1ccccc1Cl. The Hall–Kier alpha value is -2.75. The van der Waals surface area contributed by atoms with E-state index < -0.39 is 0 Å². The van der Waals surface area contributed by atoms with Crippen LogP contribution in [0.5, 0.6) is 0 Å². The number of nitrogens with one attached hydrogen (secondary N) is 1. The van der Waals surface area contributed by atoms with Gasteiger partial charge in [-0.05, 0) is 18.2 Å². The molecule has 1 aliphatic heterocycles. The number of rotatable bonds is 6. The van der Waals surface area contributed by atoms with Crippen molar-refractivity contribution < 1.29 is 9.72 Å². The molecule has 0 bridgehead atoms. The molecule has 0 aliphatic carbocycles. The number of hydrogen-bond donors (Lipinski definition) is 1. The van der Waals surface area contributed by atoms with E-state index in [9.17, 15) is 14.9 Å². The number of nitro groups is 1. The molecule has 0 unspecified atom stereocenters. The van der Waals surface area contributed by atoms with Gasteiger partial charge < -0.3 is 10.2 Å². The first kappa shape index (κ1) is 20.5. The summed E-state index contributed by atoms with van der Waals surface area (Å²) in [6, 6.07) is 11.8. The van der Waals surface area contributed by atoms with E-state index in [4.69, 9.17) is 11.6 Å². The number of thiazole rings is 1. The van der Waals surface area contributed by atoms with E-state index in [1.807, 2.05) is 0 Å². The van der Waals surface area contributed by atoms with E-state index >= 15 is 0 Å². The number of halogens is 1. The van der Waals surface area contributed by atoms with Gasteiger partial charge >= 0.3 is 0 Å². The zero-order valence-electron chi connectivity index (χ0n) is 16.1. The molecule has 1 saturated heterocycles. The molecule has 1 aromatic heterocycles. The van der Waals surface area contributed by atoms with Crippen molar-refractivity contribution in [3.05, 3.63) is 63.2 Å². The maximum atomic E-state index is 12.2. The van der Waals surface area contributed by atoms with Crippen LogP contribution in [0.3, 0.4) is 0 Å². The van der Waals surface area contributed by atoms with Gasteiger partial charge in [-0.2, -0.15) is 0 Å². The van der Waals surface area contributed by atoms with E-state index in [-0.39, 0.29) is 16.5 Å². The third-order valence-electron chi connectivity index (χ3n) is 5.05. The maximum Gasteiger partial charge on any atom is 0.270 e. The quantitative estimate of drug-likeness (QED) is 0.461. The van der Waals surface area contributed by atoms with Gasteiger partial charge in [-0.15, -0.1) is 0 Å². The highest BCUT2D eigenvalue weighted by Crippen LogP contribution is 2.31. The Morgan fingerprint density at radius 3 is 2.70 bits per heavy atom. The van der Waals surface area contributed by atoms with Crippen LogP contribution in [-0.2, 0) is 0 Å². The topological polar surface area (TPSA) is 91.6 Å². The minimum Gasteiger partial charge on any atom is -0.351 e. The molecule has 1 N–H and O–H groups in total. The highest BCUT2D eigenvalue weighted by Gasteiger charge is 2.20. The van der Waals surface area contributed by atoms with Crippen molar-refractivity contribution in [1.82, 2.24) is 15.2 Å². The van der Waals surface area contributed by atoms with Gasteiger partial charge in [0, 0.05) is 51.4 Å². The highest BCUT2D eigenvalue weighted by atomic mass is 35.5. The number of benzene rings is 2. The molecule has 0 atom stereocenters. The molecule has 30 heavy (non-hydrogen) atoms. The fraction of sp³-hybridized carbons (Fsp3) is 0.300. The van der Waals surface area contributed by atoms with Crippen molar-refractivity contribution in [3.8, 4) is 0 Å². The summed E-state index contributed by atoms with van der Waals surface area (Å²) in [5.74, 6) is -0.164. The predicted octanol–water partition coefficient (Wildman–Crippen LogP) is 3.41. The van der Waals surface area contributed by atoms with Crippen LogP contribution in [0.2, 0.25) is 5.02 Å². The minimum atomic E-state index is -0.387. The summed E-state index contributed by atoms with van der Waals surface area (Å²) in [5.41, 5.74) is 1.35. The molecule has 10 heteroatoms. The Balaban J connectivity index is 1.28. The number of carbonyl (C=O) groups excluding carboxylic acids is 1. The van der Waals surface area contributed by atoms with Crippen molar-refractivity contribution in [3.63, 3.8) is 0 Å². The van der Waals surface area contributed by atoms with Crippen LogP contribution in [0.1, 0.15) is 10.4 Å². The van der Waals surface area contributed by atoms with Gasteiger partial charge in [-0.1, -0.05) is 35.1 Å². The summed E-state index contributed by atoms with van der Waals surface area (Å²) < 4.78 is 0.823. The summed E-state index contributed by atoms with van der Waals surface area (Å²) in [6.45, 7) is 4.67. The van der Waals surface area contributed by atoms with Crippen LogP contribution in [0.25, 0.3) is 10.2 Å². The van der Waals surface area contributed by atoms with Gasteiger partial charge in [0.25, 0.3) is 11.6 Å². The molecule has 1 aliphatic rings. The third-order valence-corrected chi connectivity index (χ3v) is 6.45. The lowest BCUT2D eigenvalue weighted by molar-refractivity contribution is -0.384. The highest BCUT2D eigenvalue weighted by molar-refractivity contribution is 7.22. The van der Waals surface area contributed by atoms with E-state index in [1.165, 1.54) is 17.4 Å². The van der Waals surface area contributed by atoms with Gasteiger partial charge in [0.1, 0.15) is 0 Å². The van der Waals surface area contributed by atoms with E-state index in [1.54, 1.807) is 36.4 Å². The average molecular weight is 446 g/mol. The fourth-order valence-electron chi connectivity index (χ4n) is 3.38. The van der Waals surface area contributed by atoms with Gasteiger partial charge in [-0.25, -0.2) is 4.98 Å². The predicted molar refractivity (Wildman–Crippen MR) is 119 cm³/mol. The number of piperazine rings is 1. The Bertz CT molecular complexity index is 1080. The fourth-order valence-corrected chi connectivity index (χ4v) is 4.65. The Morgan fingerprint density at radius 1 is 1.20 bits per heavy atom. The summed E-state index contributed by atoms with van der Waals surface area (Å²) in [7, 11) is 0. The molecule has 2 aromatic carbocycles. The number of carbonyl (C=O) groups is 1. The van der Waals surface area contributed by atoms with Gasteiger partial charge in [0.2, 0.25) is 0 Å². The molecule has 0 saturated carbocycles. The van der Waals surface area contributed by atoms with Crippen LogP contribution in [0, 0.1) is 10.1 Å². The number of fused-ring (bicyclic) bond motifs is 1. The normalized spacial score (nSPS) is 14.8. The molecule has 0 radical (unpaired) electrons. The van der Waals surface area contributed by atoms with Crippen LogP contribution in [0.4, 0.5) is 10.8 Å². The summed E-state index contributed by atoms with van der Waals surface area (Å²) >= 11 is 7.54. The van der Waals surface area contributed by atoms with Gasteiger partial charge in [0.05, 0.1) is 25.7 Å². The third kappa shape index (κ3) is 4.53. The van der Waals surface area contributed by atoms with Crippen molar-refractivity contribution in [1.29, 1.82) is 0 Å². The first-order valence-electron chi connectivity index (χ1n) is 9.56. The van der Waals surface area contributed by atoms with Crippen molar-refractivity contribution in [2.45, 2.75) is 0 Å². The standard InChI is InChI=1S/C20H20ClN5O3S/c21-16-4-2-1-3-15(16)19(27)22-7-8-24-9-11-25(12-10-24)20-23-17-6-5-14(26(28)29)13-18(17)30-20/h1-6,13H,7-12H2,(H,22,27). The van der Waals surface area contributed by atoms with Crippen LogP contribution < -0.4 is 10.2 Å². The minimum absolute atomic E-state index is 0.0846. The number of non-ortho nitro benzene ring substituents is 1.